The van der Waals surface area contributed by atoms with Gasteiger partial charge in [-0.15, -0.1) is 11.3 Å². The minimum Gasteiger partial charge on any atom is -0.313 e. The number of hydrogen-bond donors (Lipinski definition) is 2. The summed E-state index contributed by atoms with van der Waals surface area (Å²) in [5, 5.41) is 5.19. The van der Waals surface area contributed by atoms with Crippen LogP contribution < -0.4 is 10.0 Å². The Morgan fingerprint density at radius 3 is 2.55 bits per heavy atom. The molecule has 0 aromatic carbocycles. The van der Waals surface area contributed by atoms with Crippen molar-refractivity contribution in [3.05, 3.63) is 17.0 Å². The molecule has 0 aliphatic rings. The highest BCUT2D eigenvalue weighted by Crippen LogP contribution is 2.21. The second-order valence-electron chi connectivity index (χ2n) is 5.33. The molecular weight excluding hydrogens is 292 g/mol. The Kier molecular flexibility index (Phi) is 7.15. The van der Waals surface area contributed by atoms with E-state index in [1.165, 1.54) is 11.3 Å². The highest BCUT2D eigenvalue weighted by Gasteiger charge is 2.22. The molecule has 2 N–H and O–H groups in total. The van der Waals surface area contributed by atoms with E-state index in [0.717, 1.165) is 31.5 Å². The van der Waals surface area contributed by atoms with Gasteiger partial charge in [0.2, 0.25) is 10.0 Å². The minimum atomic E-state index is -3.39. The number of rotatable bonds is 9. The fourth-order valence-electron chi connectivity index (χ4n) is 1.94. The first-order chi connectivity index (χ1) is 9.40. The Balaban J connectivity index is 2.72. The summed E-state index contributed by atoms with van der Waals surface area (Å²) < 4.78 is 27.9. The zero-order valence-electron chi connectivity index (χ0n) is 12.8. The highest BCUT2D eigenvalue weighted by molar-refractivity contribution is 7.91. The Morgan fingerprint density at radius 2 is 2.00 bits per heavy atom. The molecule has 1 atom stereocenters. The van der Waals surface area contributed by atoms with Crippen LogP contribution in [0.15, 0.2) is 15.7 Å². The lowest BCUT2D eigenvalue weighted by molar-refractivity contribution is 0.438. The summed E-state index contributed by atoms with van der Waals surface area (Å²) >= 11 is 1.29. The molecule has 0 saturated carbocycles. The average molecular weight is 319 g/mol. The first-order valence-electron chi connectivity index (χ1n) is 7.21. The largest absolute Gasteiger partial charge is 0.313 e. The normalized spacial score (nSPS) is 13.8. The summed E-state index contributed by atoms with van der Waals surface area (Å²) in [6, 6.07) is 1.76. The van der Waals surface area contributed by atoms with Crippen molar-refractivity contribution in [3.63, 3.8) is 0 Å². The zero-order chi connectivity index (χ0) is 15.2. The molecule has 0 amide bonds. The molecule has 1 unspecified atom stereocenters. The van der Waals surface area contributed by atoms with Crippen molar-refractivity contribution in [1.82, 2.24) is 10.0 Å². The van der Waals surface area contributed by atoms with Crippen molar-refractivity contribution in [2.75, 3.05) is 6.54 Å². The molecule has 1 aromatic heterocycles. The van der Waals surface area contributed by atoms with E-state index >= 15 is 0 Å². The third kappa shape index (κ3) is 5.16. The van der Waals surface area contributed by atoms with Gasteiger partial charge < -0.3 is 5.32 Å². The van der Waals surface area contributed by atoms with Gasteiger partial charge in [0.05, 0.1) is 0 Å². The van der Waals surface area contributed by atoms with E-state index in [0.29, 0.717) is 10.1 Å². The van der Waals surface area contributed by atoms with Gasteiger partial charge in [0.1, 0.15) is 4.21 Å². The number of nitrogens with one attached hydrogen (secondary N) is 2. The first kappa shape index (κ1) is 17.6. The summed E-state index contributed by atoms with van der Waals surface area (Å²) in [6.45, 7) is 9.85. The fourth-order valence-corrected chi connectivity index (χ4v) is 4.64. The van der Waals surface area contributed by atoms with Crippen molar-refractivity contribution in [2.24, 2.45) is 5.92 Å². The summed E-state index contributed by atoms with van der Waals surface area (Å²) in [6.07, 6.45) is 1.87. The van der Waals surface area contributed by atoms with Gasteiger partial charge in [-0.05, 0) is 42.3 Å². The summed E-state index contributed by atoms with van der Waals surface area (Å²) in [5.41, 5.74) is 1.03. The van der Waals surface area contributed by atoms with Crippen LogP contribution in [0.2, 0.25) is 0 Å². The predicted octanol–water partition coefficient (Wildman–Crippen LogP) is 2.96. The monoisotopic (exact) mass is 318 g/mol. The molecule has 20 heavy (non-hydrogen) atoms. The smallest absolute Gasteiger partial charge is 0.250 e. The van der Waals surface area contributed by atoms with Gasteiger partial charge in [0, 0.05) is 12.6 Å². The van der Waals surface area contributed by atoms with Crippen LogP contribution in [0.1, 0.15) is 46.1 Å². The van der Waals surface area contributed by atoms with Crippen molar-refractivity contribution < 1.29 is 8.42 Å². The third-order valence-corrected chi connectivity index (χ3v) is 6.18. The van der Waals surface area contributed by atoms with Crippen LogP contribution in [0.4, 0.5) is 0 Å². The van der Waals surface area contributed by atoms with Crippen LogP contribution in [0.3, 0.4) is 0 Å². The maximum Gasteiger partial charge on any atom is 0.250 e. The maximum absolute atomic E-state index is 12.3. The van der Waals surface area contributed by atoms with Crippen molar-refractivity contribution in [1.29, 1.82) is 0 Å². The zero-order valence-corrected chi connectivity index (χ0v) is 14.4. The Labute approximate surface area is 127 Å². The second-order valence-corrected chi connectivity index (χ2v) is 8.18. The molecule has 1 heterocycles. The third-order valence-electron chi connectivity index (χ3n) is 3.20. The van der Waals surface area contributed by atoms with Gasteiger partial charge in [-0.1, -0.05) is 27.7 Å². The topological polar surface area (TPSA) is 58.2 Å². The Bertz CT molecular complexity index is 495. The molecule has 0 aliphatic heterocycles. The lowest BCUT2D eigenvalue weighted by atomic mass is 10.0. The van der Waals surface area contributed by atoms with Gasteiger partial charge in [-0.3, -0.25) is 0 Å². The van der Waals surface area contributed by atoms with E-state index in [9.17, 15) is 8.42 Å². The molecule has 0 radical (unpaired) electrons. The second kappa shape index (κ2) is 8.12. The van der Waals surface area contributed by atoms with Crippen LogP contribution in [-0.4, -0.2) is 21.0 Å². The van der Waals surface area contributed by atoms with Crippen LogP contribution in [0, 0.1) is 5.92 Å². The molecule has 0 bridgehead atoms. The van der Waals surface area contributed by atoms with E-state index in [2.05, 4.69) is 17.0 Å². The van der Waals surface area contributed by atoms with Gasteiger partial charge in [-0.2, -0.15) is 0 Å². The lowest BCUT2D eigenvalue weighted by Crippen LogP contribution is -2.37. The van der Waals surface area contributed by atoms with E-state index in [4.69, 9.17) is 0 Å². The molecule has 6 heteroatoms. The van der Waals surface area contributed by atoms with Gasteiger partial charge in [0.15, 0.2) is 0 Å². The predicted molar refractivity (Wildman–Crippen MR) is 85.6 cm³/mol. The number of hydrogen-bond acceptors (Lipinski definition) is 4. The van der Waals surface area contributed by atoms with E-state index in [-0.39, 0.29) is 6.04 Å². The van der Waals surface area contributed by atoms with Crippen LogP contribution >= 0.6 is 11.3 Å². The van der Waals surface area contributed by atoms with Crippen LogP contribution in [0.5, 0.6) is 0 Å². The average Bonchev–Trinajstić information content (AvgIpc) is 2.85. The number of sulfonamides is 1. The molecule has 1 aromatic rings. The lowest BCUT2D eigenvalue weighted by Gasteiger charge is -2.19. The Hall–Kier alpha value is -0.430. The molecule has 0 spiro atoms. The Morgan fingerprint density at radius 1 is 1.30 bits per heavy atom. The van der Waals surface area contributed by atoms with E-state index in [1.54, 1.807) is 6.07 Å². The SMILES string of the molecule is CCCNCc1csc(S(=O)(=O)NC(CC)C(C)C)c1. The minimum absolute atomic E-state index is 0.0104. The summed E-state index contributed by atoms with van der Waals surface area (Å²) in [5.74, 6) is 0.292. The molecule has 0 fully saturated rings. The first-order valence-corrected chi connectivity index (χ1v) is 9.57. The molecular formula is C14H26N2O2S2. The highest BCUT2D eigenvalue weighted by atomic mass is 32.2. The molecule has 0 aliphatic carbocycles. The molecule has 4 nitrogen and oxygen atoms in total. The van der Waals surface area contributed by atoms with Crippen molar-refractivity contribution in [3.8, 4) is 0 Å². The summed E-state index contributed by atoms with van der Waals surface area (Å²) in [4.78, 5) is 0. The van der Waals surface area contributed by atoms with E-state index < -0.39 is 10.0 Å². The maximum atomic E-state index is 12.3. The van der Waals surface area contributed by atoms with Crippen molar-refractivity contribution >= 4 is 21.4 Å². The van der Waals surface area contributed by atoms with Crippen LogP contribution in [-0.2, 0) is 16.6 Å². The van der Waals surface area contributed by atoms with Gasteiger partial charge in [0.25, 0.3) is 0 Å². The van der Waals surface area contributed by atoms with E-state index in [1.807, 2.05) is 26.2 Å². The fraction of sp³-hybridized carbons (Fsp3) is 0.714. The van der Waals surface area contributed by atoms with Gasteiger partial charge in [-0.25, -0.2) is 13.1 Å². The van der Waals surface area contributed by atoms with Gasteiger partial charge >= 0.3 is 0 Å². The van der Waals surface area contributed by atoms with Crippen LogP contribution in [0.25, 0.3) is 0 Å². The van der Waals surface area contributed by atoms with Crippen molar-refractivity contribution in [2.45, 2.75) is 57.3 Å². The molecule has 1 rings (SSSR count). The summed E-state index contributed by atoms with van der Waals surface area (Å²) in [7, 11) is -3.39. The molecule has 0 saturated heterocycles. The molecule has 116 valence electrons. The standard InChI is InChI=1S/C14H26N2O2S2/c1-5-7-15-9-12-8-14(19-10-12)20(17,18)16-13(6-2)11(3)4/h8,10-11,13,15-16H,5-7,9H2,1-4H3. The quantitative estimate of drug-likeness (QED) is 0.688. The number of thiophene rings is 1.